The molecule has 3 nitrogen and oxygen atoms in total. The van der Waals surface area contributed by atoms with Crippen molar-refractivity contribution >= 4 is 15.7 Å². The van der Waals surface area contributed by atoms with E-state index in [1.807, 2.05) is 91.0 Å². The molecule has 0 atom stereocenters. The lowest BCUT2D eigenvalue weighted by Gasteiger charge is -2.12. The third kappa shape index (κ3) is 4.39. The SMILES string of the molecule is O=C(C[S+](=O)(c1ccccc1)c1ccccc1)c1ccc(Oc2ccccc2)cc1. The number of hydrogen-bond acceptors (Lipinski definition) is 3. The standard InChI is InChI=1S/C26H21O3S/c27-26(21-16-18-23(19-17-21)29-22-10-4-1-5-11-22)20-30(28,24-12-6-2-7-13-24)25-14-8-3-9-15-25/h1-19H,20H2/q+1. The van der Waals surface area contributed by atoms with Crippen LogP contribution < -0.4 is 4.74 Å². The fraction of sp³-hybridized carbons (Fsp3) is 0.0385. The van der Waals surface area contributed by atoms with E-state index in [-0.39, 0.29) is 11.5 Å². The first-order valence-corrected chi connectivity index (χ1v) is 11.4. The predicted octanol–water partition coefficient (Wildman–Crippen LogP) is 6.28. The van der Waals surface area contributed by atoms with Crippen LogP contribution in [0.25, 0.3) is 0 Å². The van der Waals surface area contributed by atoms with Crippen LogP contribution in [0, 0.1) is 0 Å². The van der Waals surface area contributed by atoms with E-state index in [1.165, 1.54) is 0 Å². The molecule has 0 aliphatic rings. The lowest BCUT2D eigenvalue weighted by atomic mass is 10.1. The molecule has 4 heteroatoms. The van der Waals surface area contributed by atoms with Crippen LogP contribution in [0.3, 0.4) is 0 Å². The minimum Gasteiger partial charge on any atom is -0.457 e. The number of hydrogen-bond donors (Lipinski definition) is 0. The first-order chi connectivity index (χ1) is 14.6. The van der Waals surface area contributed by atoms with Gasteiger partial charge in [-0.1, -0.05) is 58.8 Å². The second-order valence-electron chi connectivity index (χ2n) is 6.81. The van der Waals surface area contributed by atoms with Crippen molar-refractivity contribution in [1.82, 2.24) is 0 Å². The summed E-state index contributed by atoms with van der Waals surface area (Å²) in [5.41, 5.74) is 0.509. The summed E-state index contributed by atoms with van der Waals surface area (Å²) in [4.78, 5) is 14.4. The van der Waals surface area contributed by atoms with Gasteiger partial charge in [0.2, 0.25) is 5.78 Å². The summed E-state index contributed by atoms with van der Waals surface area (Å²) in [6.07, 6.45) is 0. The van der Waals surface area contributed by atoms with Crippen LogP contribution in [0.1, 0.15) is 10.4 Å². The average molecular weight is 414 g/mol. The van der Waals surface area contributed by atoms with Crippen molar-refractivity contribution in [2.75, 3.05) is 5.75 Å². The van der Waals surface area contributed by atoms with Crippen LogP contribution in [-0.4, -0.2) is 11.5 Å². The molecule has 148 valence electrons. The van der Waals surface area contributed by atoms with Crippen molar-refractivity contribution in [3.63, 3.8) is 0 Å². The Morgan fingerprint density at radius 1 is 0.600 bits per heavy atom. The van der Waals surface area contributed by atoms with Crippen molar-refractivity contribution in [2.45, 2.75) is 9.79 Å². The Bertz CT molecular complexity index is 1110. The van der Waals surface area contributed by atoms with Gasteiger partial charge >= 0.3 is 0 Å². The van der Waals surface area contributed by atoms with Gasteiger partial charge in [0.05, 0.1) is 0 Å². The highest BCUT2D eigenvalue weighted by molar-refractivity contribution is 8.03. The molecular weight excluding hydrogens is 392 g/mol. The van der Waals surface area contributed by atoms with Gasteiger partial charge in [-0.25, -0.2) is 0 Å². The molecule has 0 aromatic heterocycles. The smallest absolute Gasteiger partial charge is 0.212 e. The van der Waals surface area contributed by atoms with Gasteiger partial charge in [-0.05, 0) is 60.7 Å². The van der Waals surface area contributed by atoms with E-state index >= 15 is 0 Å². The molecule has 0 N–H and O–H groups in total. The number of ketones is 1. The van der Waals surface area contributed by atoms with Crippen molar-refractivity contribution in [1.29, 1.82) is 0 Å². The number of ether oxygens (including phenoxy) is 1. The second kappa shape index (κ2) is 8.89. The van der Waals surface area contributed by atoms with Gasteiger partial charge in [0.1, 0.15) is 11.5 Å². The maximum Gasteiger partial charge on any atom is 0.212 e. The Morgan fingerprint density at radius 3 is 1.53 bits per heavy atom. The molecule has 0 amide bonds. The highest BCUT2D eigenvalue weighted by atomic mass is 32.2. The van der Waals surface area contributed by atoms with Crippen LogP contribution in [0.5, 0.6) is 11.5 Å². The fourth-order valence-electron chi connectivity index (χ4n) is 3.18. The van der Waals surface area contributed by atoms with Gasteiger partial charge in [0, 0.05) is 5.56 Å². The van der Waals surface area contributed by atoms with Gasteiger partial charge in [0.25, 0.3) is 0 Å². The predicted molar refractivity (Wildman–Crippen MR) is 120 cm³/mol. The monoisotopic (exact) mass is 413 g/mol. The minimum absolute atomic E-state index is 0.0834. The van der Waals surface area contributed by atoms with E-state index in [0.717, 1.165) is 5.75 Å². The van der Waals surface area contributed by atoms with E-state index in [4.69, 9.17) is 4.74 Å². The maximum absolute atomic E-state index is 14.0. The average Bonchev–Trinajstić information content (AvgIpc) is 2.81. The minimum atomic E-state index is -2.73. The van der Waals surface area contributed by atoms with Gasteiger partial charge in [-0.3, -0.25) is 4.79 Å². The summed E-state index contributed by atoms with van der Waals surface area (Å²) < 4.78 is 19.8. The number of rotatable bonds is 7. The summed E-state index contributed by atoms with van der Waals surface area (Å²) >= 11 is 0. The molecule has 0 aliphatic carbocycles. The third-order valence-corrected chi connectivity index (χ3v) is 7.47. The Kier molecular flexibility index (Phi) is 5.87. The van der Waals surface area contributed by atoms with Crippen molar-refractivity contribution in [3.05, 3.63) is 121 Å². The molecule has 0 heterocycles. The van der Waals surface area contributed by atoms with E-state index in [2.05, 4.69) is 0 Å². The number of para-hydroxylation sites is 1. The topological polar surface area (TPSA) is 43.4 Å². The molecule has 0 spiro atoms. The largest absolute Gasteiger partial charge is 0.457 e. The number of carbonyl (C=O) groups is 1. The van der Waals surface area contributed by atoms with E-state index in [9.17, 15) is 9.00 Å². The van der Waals surface area contributed by atoms with Crippen molar-refractivity contribution in [2.24, 2.45) is 0 Å². The quantitative estimate of drug-likeness (QED) is 0.265. The Morgan fingerprint density at radius 2 is 1.03 bits per heavy atom. The van der Waals surface area contributed by atoms with Crippen molar-refractivity contribution < 1.29 is 13.7 Å². The number of benzene rings is 4. The zero-order chi connectivity index (χ0) is 20.8. The summed E-state index contributed by atoms with van der Waals surface area (Å²) in [6, 6.07) is 34.8. The van der Waals surface area contributed by atoms with Gasteiger partial charge in [-0.2, -0.15) is 0 Å². The highest BCUT2D eigenvalue weighted by Crippen LogP contribution is 2.30. The molecule has 0 aliphatic heterocycles. The molecule has 0 saturated carbocycles. The molecular formula is C26H21O3S+. The molecule has 30 heavy (non-hydrogen) atoms. The lowest BCUT2D eigenvalue weighted by molar-refractivity contribution is 0.102. The Balaban J connectivity index is 1.58. The van der Waals surface area contributed by atoms with E-state index < -0.39 is 9.93 Å². The zero-order valence-electron chi connectivity index (χ0n) is 16.3. The number of carbonyl (C=O) groups excluding carboxylic acids is 1. The van der Waals surface area contributed by atoms with Crippen LogP contribution in [-0.2, 0) is 14.1 Å². The van der Waals surface area contributed by atoms with Crippen LogP contribution in [0.4, 0.5) is 0 Å². The maximum atomic E-state index is 14.0. The van der Waals surface area contributed by atoms with Crippen LogP contribution in [0.15, 0.2) is 125 Å². The third-order valence-electron chi connectivity index (χ3n) is 4.74. The molecule has 0 unspecified atom stereocenters. The highest BCUT2D eigenvalue weighted by Gasteiger charge is 2.37. The molecule has 4 aromatic carbocycles. The van der Waals surface area contributed by atoms with Gasteiger partial charge < -0.3 is 4.74 Å². The van der Waals surface area contributed by atoms with Crippen LogP contribution >= 0.6 is 0 Å². The van der Waals surface area contributed by atoms with Crippen molar-refractivity contribution in [3.8, 4) is 11.5 Å². The first kappa shape index (κ1) is 19.8. The molecule has 0 radical (unpaired) electrons. The fourth-order valence-corrected chi connectivity index (χ4v) is 5.52. The molecule has 0 saturated heterocycles. The normalized spacial score (nSPS) is 11.1. The Labute approximate surface area is 177 Å². The second-order valence-corrected chi connectivity index (χ2v) is 9.39. The number of Topliss-reactive ketones (excluding diaryl/α,β-unsaturated/α-hetero) is 1. The van der Waals surface area contributed by atoms with Gasteiger partial charge in [-0.15, -0.1) is 0 Å². The molecule has 4 aromatic rings. The molecule has 0 fully saturated rings. The summed E-state index contributed by atoms with van der Waals surface area (Å²) in [5, 5.41) is 0. The lowest BCUT2D eigenvalue weighted by Crippen LogP contribution is -2.23. The Hall–Kier alpha value is -3.50. The van der Waals surface area contributed by atoms with Gasteiger partial charge in [0.15, 0.2) is 25.5 Å². The summed E-state index contributed by atoms with van der Waals surface area (Å²) in [7, 11) is -2.73. The molecule has 0 bridgehead atoms. The zero-order valence-corrected chi connectivity index (χ0v) is 17.1. The van der Waals surface area contributed by atoms with E-state index in [0.29, 0.717) is 21.1 Å². The summed E-state index contributed by atoms with van der Waals surface area (Å²) in [6.45, 7) is 0. The summed E-state index contributed by atoms with van der Waals surface area (Å²) in [5.74, 6) is 1.12. The van der Waals surface area contributed by atoms with Crippen LogP contribution in [0.2, 0.25) is 0 Å². The van der Waals surface area contributed by atoms with E-state index in [1.54, 1.807) is 24.3 Å². The molecule has 4 rings (SSSR count). The first-order valence-electron chi connectivity index (χ1n) is 9.63.